The Balaban J connectivity index is 2.09. The summed E-state index contributed by atoms with van der Waals surface area (Å²) in [6.07, 6.45) is 1.79. The Hall–Kier alpha value is -2.17. The third-order valence-electron chi connectivity index (χ3n) is 3.06. The average Bonchev–Trinajstić information content (AvgIpc) is 2.52. The van der Waals surface area contributed by atoms with Gasteiger partial charge in [0.15, 0.2) is 0 Å². The zero-order chi connectivity index (χ0) is 15.1. The van der Waals surface area contributed by atoms with Gasteiger partial charge in [0.25, 0.3) is 0 Å². The predicted octanol–water partition coefficient (Wildman–Crippen LogP) is 3.61. The molecule has 21 heavy (non-hydrogen) atoms. The highest BCUT2D eigenvalue weighted by molar-refractivity contribution is 5.48. The van der Waals surface area contributed by atoms with Crippen LogP contribution in [0.5, 0.6) is 0 Å². The van der Waals surface area contributed by atoms with Crippen molar-refractivity contribution in [2.75, 3.05) is 17.2 Å². The van der Waals surface area contributed by atoms with Gasteiger partial charge in [-0.25, -0.2) is 14.4 Å². The molecule has 0 amide bonds. The van der Waals surface area contributed by atoms with Crippen molar-refractivity contribution in [1.82, 2.24) is 9.97 Å². The first-order valence-corrected chi connectivity index (χ1v) is 7.32. The molecule has 0 saturated carbocycles. The Labute approximate surface area is 124 Å². The van der Waals surface area contributed by atoms with Gasteiger partial charge in [0.05, 0.1) is 0 Å². The van der Waals surface area contributed by atoms with Crippen LogP contribution in [-0.2, 0) is 13.0 Å². The van der Waals surface area contributed by atoms with E-state index in [1.54, 1.807) is 12.1 Å². The molecular weight excluding hydrogens is 267 g/mol. The van der Waals surface area contributed by atoms with Crippen LogP contribution in [0.15, 0.2) is 30.3 Å². The second-order valence-electron chi connectivity index (χ2n) is 4.78. The Kier molecular flexibility index (Phi) is 5.49. The van der Waals surface area contributed by atoms with Gasteiger partial charge < -0.3 is 10.6 Å². The molecule has 0 aliphatic heterocycles. The molecule has 0 aliphatic rings. The maximum Gasteiger partial charge on any atom is 0.132 e. The smallest absolute Gasteiger partial charge is 0.132 e. The lowest BCUT2D eigenvalue weighted by molar-refractivity contribution is 0.613. The van der Waals surface area contributed by atoms with E-state index in [9.17, 15) is 4.39 Å². The first-order chi connectivity index (χ1) is 10.2. The van der Waals surface area contributed by atoms with E-state index in [1.807, 2.05) is 19.1 Å². The van der Waals surface area contributed by atoms with E-state index in [-0.39, 0.29) is 5.82 Å². The summed E-state index contributed by atoms with van der Waals surface area (Å²) in [5.41, 5.74) is 0.622. The normalized spacial score (nSPS) is 10.4. The first kappa shape index (κ1) is 15.2. The minimum absolute atomic E-state index is 0.209. The van der Waals surface area contributed by atoms with Gasteiger partial charge in [-0.2, -0.15) is 0 Å². The predicted molar refractivity (Wildman–Crippen MR) is 83.9 cm³/mol. The number of hydrogen-bond acceptors (Lipinski definition) is 4. The van der Waals surface area contributed by atoms with Crippen molar-refractivity contribution in [3.63, 3.8) is 0 Å². The highest BCUT2D eigenvalue weighted by Crippen LogP contribution is 2.14. The number of aryl methyl sites for hydroxylation is 1. The van der Waals surface area contributed by atoms with Gasteiger partial charge in [0.1, 0.15) is 23.3 Å². The van der Waals surface area contributed by atoms with E-state index in [2.05, 4.69) is 27.5 Å². The van der Waals surface area contributed by atoms with Gasteiger partial charge in [-0.1, -0.05) is 32.0 Å². The van der Waals surface area contributed by atoms with Crippen LogP contribution in [0, 0.1) is 5.82 Å². The SMILES string of the molecule is CCCNc1cc(NCc2ccccc2F)nc(CC)n1. The van der Waals surface area contributed by atoms with Crippen LogP contribution in [0.3, 0.4) is 0 Å². The Morgan fingerprint density at radius 3 is 2.43 bits per heavy atom. The summed E-state index contributed by atoms with van der Waals surface area (Å²) in [6.45, 7) is 5.39. The van der Waals surface area contributed by atoms with E-state index in [4.69, 9.17) is 0 Å². The summed E-state index contributed by atoms with van der Waals surface area (Å²) >= 11 is 0. The van der Waals surface area contributed by atoms with Crippen molar-refractivity contribution >= 4 is 11.6 Å². The van der Waals surface area contributed by atoms with Crippen LogP contribution in [0.2, 0.25) is 0 Å². The molecule has 2 rings (SSSR count). The van der Waals surface area contributed by atoms with Crippen molar-refractivity contribution in [3.8, 4) is 0 Å². The summed E-state index contributed by atoms with van der Waals surface area (Å²) in [5.74, 6) is 2.08. The summed E-state index contributed by atoms with van der Waals surface area (Å²) in [6, 6.07) is 8.59. The standard InChI is InChI=1S/C16H21FN4/c1-3-9-18-15-10-16(21-14(4-2)20-15)19-11-12-7-5-6-8-13(12)17/h5-8,10H,3-4,9,11H2,1-2H3,(H2,18,19,20,21). The minimum atomic E-state index is -0.209. The van der Waals surface area contributed by atoms with Crippen LogP contribution >= 0.6 is 0 Å². The highest BCUT2D eigenvalue weighted by Gasteiger charge is 2.05. The van der Waals surface area contributed by atoms with Crippen LogP contribution in [-0.4, -0.2) is 16.5 Å². The summed E-state index contributed by atoms with van der Waals surface area (Å²) in [7, 11) is 0. The lowest BCUT2D eigenvalue weighted by Gasteiger charge is -2.11. The van der Waals surface area contributed by atoms with Crippen molar-refractivity contribution in [2.24, 2.45) is 0 Å². The molecular formula is C16H21FN4. The molecule has 2 N–H and O–H groups in total. The number of nitrogens with one attached hydrogen (secondary N) is 2. The molecule has 0 unspecified atom stereocenters. The molecule has 2 aromatic rings. The molecule has 5 heteroatoms. The van der Waals surface area contributed by atoms with Crippen LogP contribution in [0.25, 0.3) is 0 Å². The second kappa shape index (κ2) is 7.57. The number of nitrogens with zero attached hydrogens (tertiary/aromatic N) is 2. The third-order valence-corrected chi connectivity index (χ3v) is 3.06. The zero-order valence-corrected chi connectivity index (χ0v) is 12.5. The van der Waals surface area contributed by atoms with Crippen LogP contribution in [0.1, 0.15) is 31.7 Å². The van der Waals surface area contributed by atoms with Crippen LogP contribution in [0.4, 0.5) is 16.0 Å². The van der Waals surface area contributed by atoms with Gasteiger partial charge in [-0.15, -0.1) is 0 Å². The number of rotatable bonds is 7. The summed E-state index contributed by atoms with van der Waals surface area (Å²) in [5, 5.41) is 6.42. The van der Waals surface area contributed by atoms with Gasteiger partial charge in [-0.05, 0) is 12.5 Å². The first-order valence-electron chi connectivity index (χ1n) is 7.32. The van der Waals surface area contributed by atoms with E-state index >= 15 is 0 Å². The maximum absolute atomic E-state index is 13.6. The van der Waals surface area contributed by atoms with Crippen LogP contribution < -0.4 is 10.6 Å². The number of halogens is 1. The van der Waals surface area contributed by atoms with Gasteiger partial charge in [0, 0.05) is 31.1 Å². The fourth-order valence-electron chi connectivity index (χ4n) is 1.92. The molecule has 0 spiro atoms. The van der Waals surface area contributed by atoms with Gasteiger partial charge in [-0.3, -0.25) is 0 Å². The molecule has 0 atom stereocenters. The molecule has 0 saturated heterocycles. The molecule has 0 aliphatic carbocycles. The number of aromatic nitrogens is 2. The van der Waals surface area contributed by atoms with Crippen molar-refractivity contribution in [2.45, 2.75) is 33.2 Å². The molecule has 1 heterocycles. The molecule has 1 aromatic heterocycles. The minimum Gasteiger partial charge on any atom is -0.370 e. The highest BCUT2D eigenvalue weighted by atomic mass is 19.1. The van der Waals surface area contributed by atoms with Crippen molar-refractivity contribution in [3.05, 3.63) is 47.5 Å². The summed E-state index contributed by atoms with van der Waals surface area (Å²) < 4.78 is 13.6. The lowest BCUT2D eigenvalue weighted by Crippen LogP contribution is -2.09. The largest absolute Gasteiger partial charge is 0.370 e. The monoisotopic (exact) mass is 288 g/mol. The molecule has 4 nitrogen and oxygen atoms in total. The Morgan fingerprint density at radius 2 is 1.76 bits per heavy atom. The van der Waals surface area contributed by atoms with E-state index < -0.39 is 0 Å². The fraction of sp³-hybridized carbons (Fsp3) is 0.375. The maximum atomic E-state index is 13.6. The quantitative estimate of drug-likeness (QED) is 0.817. The molecule has 112 valence electrons. The van der Waals surface area contributed by atoms with E-state index in [0.29, 0.717) is 17.9 Å². The number of benzene rings is 1. The van der Waals surface area contributed by atoms with Gasteiger partial charge >= 0.3 is 0 Å². The Morgan fingerprint density at radius 1 is 1.05 bits per heavy atom. The molecule has 0 bridgehead atoms. The topological polar surface area (TPSA) is 49.8 Å². The van der Waals surface area contributed by atoms with Crippen molar-refractivity contribution < 1.29 is 4.39 Å². The zero-order valence-electron chi connectivity index (χ0n) is 12.5. The summed E-state index contributed by atoms with van der Waals surface area (Å²) in [4.78, 5) is 8.85. The van der Waals surface area contributed by atoms with Gasteiger partial charge in [0.2, 0.25) is 0 Å². The van der Waals surface area contributed by atoms with E-state index in [0.717, 1.165) is 31.0 Å². The fourth-order valence-corrected chi connectivity index (χ4v) is 1.92. The number of hydrogen-bond donors (Lipinski definition) is 2. The Bertz CT molecular complexity index is 586. The average molecular weight is 288 g/mol. The lowest BCUT2D eigenvalue weighted by atomic mass is 10.2. The molecule has 0 fully saturated rings. The number of anilines is 2. The molecule has 0 radical (unpaired) electrons. The van der Waals surface area contributed by atoms with E-state index in [1.165, 1.54) is 6.07 Å². The second-order valence-corrected chi connectivity index (χ2v) is 4.78. The molecule has 1 aromatic carbocycles. The third kappa shape index (κ3) is 4.41. The van der Waals surface area contributed by atoms with Crippen molar-refractivity contribution in [1.29, 1.82) is 0 Å².